The summed E-state index contributed by atoms with van der Waals surface area (Å²) in [4.78, 5) is 41.9. The molecule has 3 amide bonds. The zero-order valence-electron chi connectivity index (χ0n) is 16.2. The average Bonchev–Trinajstić information content (AvgIpc) is 2.73. The monoisotopic (exact) mass is 406 g/mol. The van der Waals surface area contributed by atoms with E-state index in [-0.39, 0.29) is 24.3 Å². The van der Waals surface area contributed by atoms with Crippen LogP contribution in [0, 0.1) is 0 Å². The summed E-state index contributed by atoms with van der Waals surface area (Å²) >= 11 is 6.25. The highest BCUT2D eigenvalue weighted by molar-refractivity contribution is 6.33. The smallest absolute Gasteiger partial charge is 0.253 e. The number of piperazine rings is 1. The van der Waals surface area contributed by atoms with Crippen molar-refractivity contribution in [3.63, 3.8) is 0 Å². The van der Waals surface area contributed by atoms with Gasteiger partial charge in [-0.3, -0.25) is 14.4 Å². The summed E-state index contributed by atoms with van der Waals surface area (Å²) in [6.07, 6.45) is 3.24. The molecule has 152 valence electrons. The fraction of sp³-hybridized carbons (Fsp3) is 0.550. The summed E-state index contributed by atoms with van der Waals surface area (Å²) in [6.45, 7) is 5.39. The van der Waals surface area contributed by atoms with E-state index >= 15 is 0 Å². The largest absolute Gasteiger partial charge is 0.375 e. The van der Waals surface area contributed by atoms with Crippen molar-refractivity contribution in [3.05, 3.63) is 28.8 Å². The van der Waals surface area contributed by atoms with Crippen molar-refractivity contribution in [2.75, 3.05) is 51.1 Å². The Morgan fingerprint density at radius 2 is 1.57 bits per heavy atom. The van der Waals surface area contributed by atoms with E-state index in [9.17, 15) is 14.4 Å². The van der Waals surface area contributed by atoms with E-state index in [0.29, 0.717) is 42.5 Å². The molecular formula is C20H27ClN4O3. The Hall–Kier alpha value is -2.28. The predicted molar refractivity (Wildman–Crippen MR) is 109 cm³/mol. The molecule has 0 aromatic heterocycles. The van der Waals surface area contributed by atoms with Crippen LogP contribution in [0.25, 0.3) is 0 Å². The standard InChI is InChI=1S/C20H27ClN4O3/c1-15(26)23-9-11-24(12-10-23)19(27)14-22-18-13-16(5-6-17(18)21)20(28)25-7-3-2-4-8-25/h5-6,13,22H,2-4,7-12,14H2,1H3. The van der Waals surface area contributed by atoms with Gasteiger partial charge in [0.2, 0.25) is 11.8 Å². The fourth-order valence-electron chi connectivity index (χ4n) is 3.63. The van der Waals surface area contributed by atoms with E-state index in [0.717, 1.165) is 25.9 Å². The van der Waals surface area contributed by atoms with E-state index in [4.69, 9.17) is 11.6 Å². The number of rotatable bonds is 4. The first-order valence-corrected chi connectivity index (χ1v) is 10.2. The minimum Gasteiger partial charge on any atom is -0.375 e. The van der Waals surface area contributed by atoms with Crippen LogP contribution < -0.4 is 5.32 Å². The van der Waals surface area contributed by atoms with Gasteiger partial charge in [-0.05, 0) is 37.5 Å². The molecule has 0 unspecified atom stereocenters. The number of likely N-dealkylation sites (tertiary alicyclic amines) is 1. The molecule has 0 aliphatic carbocycles. The lowest BCUT2D eigenvalue weighted by Gasteiger charge is -2.34. The van der Waals surface area contributed by atoms with Crippen LogP contribution >= 0.6 is 11.6 Å². The molecule has 2 aliphatic rings. The number of piperidine rings is 1. The first kappa shape index (κ1) is 20.5. The summed E-state index contributed by atoms with van der Waals surface area (Å²) in [7, 11) is 0. The Bertz CT molecular complexity index is 741. The number of hydrogen-bond acceptors (Lipinski definition) is 4. The van der Waals surface area contributed by atoms with Crippen LogP contribution in [0.2, 0.25) is 5.02 Å². The maximum atomic E-state index is 12.7. The maximum Gasteiger partial charge on any atom is 0.253 e. The third-order valence-electron chi connectivity index (χ3n) is 5.36. The molecule has 1 aromatic rings. The van der Waals surface area contributed by atoms with Crippen molar-refractivity contribution in [1.29, 1.82) is 0 Å². The summed E-state index contributed by atoms with van der Waals surface area (Å²) in [5.41, 5.74) is 1.16. The number of nitrogens with one attached hydrogen (secondary N) is 1. The van der Waals surface area contributed by atoms with Gasteiger partial charge in [-0.15, -0.1) is 0 Å². The fourth-order valence-corrected chi connectivity index (χ4v) is 3.81. The topological polar surface area (TPSA) is 73.0 Å². The number of benzene rings is 1. The lowest BCUT2D eigenvalue weighted by atomic mass is 10.1. The molecule has 0 saturated carbocycles. The molecular weight excluding hydrogens is 380 g/mol. The number of nitrogens with zero attached hydrogens (tertiary/aromatic N) is 3. The molecule has 2 saturated heterocycles. The van der Waals surface area contributed by atoms with Crippen LogP contribution in [0.1, 0.15) is 36.5 Å². The molecule has 1 aromatic carbocycles. The van der Waals surface area contributed by atoms with E-state index in [1.165, 1.54) is 6.42 Å². The van der Waals surface area contributed by atoms with Crippen LogP contribution in [-0.2, 0) is 9.59 Å². The summed E-state index contributed by atoms with van der Waals surface area (Å²) in [5.74, 6) is -0.00896. The minimum atomic E-state index is -0.0490. The van der Waals surface area contributed by atoms with E-state index < -0.39 is 0 Å². The second-order valence-electron chi connectivity index (χ2n) is 7.29. The van der Waals surface area contributed by atoms with Crippen molar-refractivity contribution in [3.8, 4) is 0 Å². The van der Waals surface area contributed by atoms with Gasteiger partial charge < -0.3 is 20.0 Å². The first-order chi connectivity index (χ1) is 13.5. The van der Waals surface area contributed by atoms with Gasteiger partial charge in [0.25, 0.3) is 5.91 Å². The molecule has 2 heterocycles. The van der Waals surface area contributed by atoms with Gasteiger partial charge in [-0.1, -0.05) is 11.6 Å². The minimum absolute atomic E-state index is 0.00565. The van der Waals surface area contributed by atoms with Gasteiger partial charge in [0.15, 0.2) is 0 Å². The molecule has 7 nitrogen and oxygen atoms in total. The zero-order valence-corrected chi connectivity index (χ0v) is 17.0. The molecule has 2 fully saturated rings. The second kappa shape index (κ2) is 9.28. The highest BCUT2D eigenvalue weighted by atomic mass is 35.5. The van der Waals surface area contributed by atoms with Crippen LogP contribution in [-0.4, -0.2) is 78.2 Å². The van der Waals surface area contributed by atoms with E-state index in [1.54, 1.807) is 34.9 Å². The molecule has 1 N–H and O–H groups in total. The maximum absolute atomic E-state index is 12.7. The van der Waals surface area contributed by atoms with E-state index in [2.05, 4.69) is 5.32 Å². The normalized spacial score (nSPS) is 17.4. The Balaban J connectivity index is 1.57. The number of hydrogen-bond donors (Lipinski definition) is 1. The Kier molecular flexibility index (Phi) is 6.78. The number of anilines is 1. The highest BCUT2D eigenvalue weighted by Gasteiger charge is 2.23. The quantitative estimate of drug-likeness (QED) is 0.830. The molecule has 0 bridgehead atoms. The molecule has 0 atom stereocenters. The van der Waals surface area contributed by atoms with Gasteiger partial charge in [0.05, 0.1) is 17.3 Å². The van der Waals surface area contributed by atoms with Gasteiger partial charge in [-0.2, -0.15) is 0 Å². The van der Waals surface area contributed by atoms with Crippen molar-refractivity contribution in [2.24, 2.45) is 0 Å². The SMILES string of the molecule is CC(=O)N1CCN(C(=O)CNc2cc(C(=O)N3CCCCC3)ccc2Cl)CC1. The summed E-state index contributed by atoms with van der Waals surface area (Å²) in [5, 5.41) is 3.54. The van der Waals surface area contributed by atoms with Gasteiger partial charge >= 0.3 is 0 Å². The Morgan fingerprint density at radius 1 is 0.929 bits per heavy atom. The van der Waals surface area contributed by atoms with Gasteiger partial charge in [-0.25, -0.2) is 0 Å². The lowest BCUT2D eigenvalue weighted by molar-refractivity contribution is -0.137. The molecule has 2 aliphatic heterocycles. The molecule has 8 heteroatoms. The van der Waals surface area contributed by atoms with Crippen LogP contribution in [0.15, 0.2) is 18.2 Å². The number of halogens is 1. The van der Waals surface area contributed by atoms with Crippen LogP contribution in [0.5, 0.6) is 0 Å². The number of amides is 3. The van der Waals surface area contributed by atoms with Crippen molar-refractivity contribution < 1.29 is 14.4 Å². The molecule has 3 rings (SSSR count). The van der Waals surface area contributed by atoms with Crippen LogP contribution in [0.3, 0.4) is 0 Å². The first-order valence-electron chi connectivity index (χ1n) is 9.81. The molecule has 0 radical (unpaired) electrons. The number of carbonyl (C=O) groups excluding carboxylic acids is 3. The van der Waals surface area contributed by atoms with Crippen molar-refractivity contribution >= 4 is 35.0 Å². The van der Waals surface area contributed by atoms with Crippen molar-refractivity contribution in [1.82, 2.24) is 14.7 Å². The third kappa shape index (κ3) is 4.95. The summed E-state index contributed by atoms with van der Waals surface area (Å²) in [6, 6.07) is 5.14. The van der Waals surface area contributed by atoms with E-state index in [1.807, 2.05) is 4.90 Å². The highest BCUT2D eigenvalue weighted by Crippen LogP contribution is 2.24. The molecule has 28 heavy (non-hydrogen) atoms. The second-order valence-corrected chi connectivity index (χ2v) is 7.70. The Morgan fingerprint density at radius 3 is 2.21 bits per heavy atom. The third-order valence-corrected chi connectivity index (χ3v) is 5.69. The Labute approximate surface area is 170 Å². The van der Waals surface area contributed by atoms with Crippen molar-refractivity contribution in [2.45, 2.75) is 26.2 Å². The predicted octanol–water partition coefficient (Wildman–Crippen LogP) is 2.07. The van der Waals surface area contributed by atoms with Gasteiger partial charge in [0, 0.05) is 51.8 Å². The number of carbonyl (C=O) groups is 3. The zero-order chi connectivity index (χ0) is 20.1. The van der Waals surface area contributed by atoms with Gasteiger partial charge in [0.1, 0.15) is 0 Å². The lowest BCUT2D eigenvalue weighted by Crippen LogP contribution is -2.51. The summed E-state index contributed by atoms with van der Waals surface area (Å²) < 4.78 is 0. The van der Waals surface area contributed by atoms with Crippen LogP contribution in [0.4, 0.5) is 5.69 Å². The molecule has 0 spiro atoms. The average molecular weight is 407 g/mol.